The predicted molar refractivity (Wildman–Crippen MR) is 53.5 cm³/mol. The molecule has 3 heteroatoms. The maximum Gasteiger partial charge on any atom is 0.236 e. The molecule has 0 aromatic rings. The molecule has 0 saturated heterocycles. The summed E-state index contributed by atoms with van der Waals surface area (Å²) < 4.78 is 0. The van der Waals surface area contributed by atoms with Crippen LogP contribution in [0.5, 0.6) is 0 Å². The molecule has 0 unspecified atom stereocenters. The Balaban J connectivity index is 2.05. The van der Waals surface area contributed by atoms with Gasteiger partial charge in [-0.2, -0.15) is 0 Å². The summed E-state index contributed by atoms with van der Waals surface area (Å²) in [6.07, 6.45) is 5.12. The highest BCUT2D eigenvalue weighted by Gasteiger charge is 2.28. The summed E-state index contributed by atoms with van der Waals surface area (Å²) in [4.78, 5) is 13.3. The molecule has 0 radical (unpaired) electrons. The molecule has 1 aliphatic rings. The summed E-state index contributed by atoms with van der Waals surface area (Å²) in [7, 11) is 1.88. The molecule has 13 heavy (non-hydrogen) atoms. The van der Waals surface area contributed by atoms with Crippen molar-refractivity contribution in [3.05, 3.63) is 12.7 Å². The van der Waals surface area contributed by atoms with Gasteiger partial charge in [-0.25, -0.2) is 0 Å². The molecule has 0 aliphatic heterocycles. The number of nitrogens with zero attached hydrogens (tertiary/aromatic N) is 1. The SMILES string of the molecule is C=CCCNCC(=O)N(C)C1CC1. The Morgan fingerprint density at radius 3 is 2.92 bits per heavy atom. The van der Waals surface area contributed by atoms with Crippen molar-refractivity contribution in [1.82, 2.24) is 10.2 Å². The number of rotatable bonds is 6. The van der Waals surface area contributed by atoms with Gasteiger partial charge in [-0.15, -0.1) is 6.58 Å². The first kappa shape index (κ1) is 10.3. The van der Waals surface area contributed by atoms with E-state index in [1.165, 1.54) is 12.8 Å². The first-order valence-corrected chi connectivity index (χ1v) is 4.83. The summed E-state index contributed by atoms with van der Waals surface area (Å²) >= 11 is 0. The molecule has 1 saturated carbocycles. The number of amides is 1. The van der Waals surface area contributed by atoms with Gasteiger partial charge < -0.3 is 10.2 Å². The van der Waals surface area contributed by atoms with Crippen molar-refractivity contribution in [2.24, 2.45) is 0 Å². The third kappa shape index (κ3) is 3.59. The zero-order valence-corrected chi connectivity index (χ0v) is 8.25. The fourth-order valence-corrected chi connectivity index (χ4v) is 1.19. The van der Waals surface area contributed by atoms with Crippen molar-refractivity contribution in [3.63, 3.8) is 0 Å². The Labute approximate surface area is 79.8 Å². The van der Waals surface area contributed by atoms with Crippen LogP contribution < -0.4 is 5.32 Å². The quantitative estimate of drug-likeness (QED) is 0.486. The van der Waals surface area contributed by atoms with Gasteiger partial charge in [0.25, 0.3) is 0 Å². The Bertz CT molecular complexity index is 187. The molecule has 3 nitrogen and oxygen atoms in total. The Morgan fingerprint density at radius 1 is 1.69 bits per heavy atom. The Kier molecular flexibility index (Phi) is 3.96. The summed E-state index contributed by atoms with van der Waals surface area (Å²) in [6, 6.07) is 0.522. The lowest BCUT2D eigenvalue weighted by atomic mass is 10.4. The van der Waals surface area contributed by atoms with E-state index in [9.17, 15) is 4.79 Å². The molecule has 74 valence electrons. The molecular formula is C10H18N2O. The fraction of sp³-hybridized carbons (Fsp3) is 0.700. The van der Waals surface area contributed by atoms with E-state index < -0.39 is 0 Å². The van der Waals surface area contributed by atoms with Gasteiger partial charge in [-0.05, 0) is 25.8 Å². The Morgan fingerprint density at radius 2 is 2.38 bits per heavy atom. The first-order valence-electron chi connectivity index (χ1n) is 4.83. The lowest BCUT2D eigenvalue weighted by Gasteiger charge is -2.16. The minimum Gasteiger partial charge on any atom is -0.342 e. The van der Waals surface area contributed by atoms with E-state index in [-0.39, 0.29) is 5.91 Å². The van der Waals surface area contributed by atoms with Gasteiger partial charge in [0.2, 0.25) is 5.91 Å². The van der Waals surface area contributed by atoms with Gasteiger partial charge in [0.15, 0.2) is 0 Å². The van der Waals surface area contributed by atoms with Gasteiger partial charge in [0.1, 0.15) is 0 Å². The van der Waals surface area contributed by atoms with Crippen molar-refractivity contribution in [2.75, 3.05) is 20.1 Å². The predicted octanol–water partition coefficient (Wildman–Crippen LogP) is 0.773. The minimum atomic E-state index is 0.201. The zero-order chi connectivity index (χ0) is 9.68. The maximum absolute atomic E-state index is 11.4. The van der Waals surface area contributed by atoms with Crippen LogP contribution in [0.15, 0.2) is 12.7 Å². The van der Waals surface area contributed by atoms with Gasteiger partial charge in [0, 0.05) is 13.1 Å². The number of carbonyl (C=O) groups is 1. The summed E-state index contributed by atoms with van der Waals surface area (Å²) in [5.41, 5.74) is 0. The van der Waals surface area contributed by atoms with E-state index in [4.69, 9.17) is 0 Å². The minimum absolute atomic E-state index is 0.201. The number of hydrogen-bond donors (Lipinski definition) is 1. The van der Waals surface area contributed by atoms with Gasteiger partial charge in [-0.3, -0.25) is 4.79 Å². The second-order valence-electron chi connectivity index (χ2n) is 3.49. The van der Waals surface area contributed by atoms with Crippen LogP contribution in [0, 0.1) is 0 Å². The molecule has 1 rings (SSSR count). The molecule has 0 aromatic heterocycles. The van der Waals surface area contributed by atoms with Gasteiger partial charge in [-0.1, -0.05) is 6.08 Å². The molecule has 1 N–H and O–H groups in total. The highest BCUT2D eigenvalue weighted by Crippen LogP contribution is 2.24. The molecule has 1 aliphatic carbocycles. The van der Waals surface area contributed by atoms with Crippen LogP contribution in [0.1, 0.15) is 19.3 Å². The molecule has 0 bridgehead atoms. The average Bonchev–Trinajstić information content (AvgIpc) is 2.94. The Hall–Kier alpha value is -0.830. The molecule has 0 heterocycles. The van der Waals surface area contributed by atoms with Crippen molar-refractivity contribution in [1.29, 1.82) is 0 Å². The lowest BCUT2D eigenvalue weighted by molar-refractivity contribution is -0.129. The second kappa shape index (κ2) is 5.02. The van der Waals surface area contributed by atoms with E-state index >= 15 is 0 Å². The molecule has 1 fully saturated rings. The summed E-state index contributed by atoms with van der Waals surface area (Å²) in [5, 5.41) is 3.09. The van der Waals surface area contributed by atoms with E-state index in [0.717, 1.165) is 13.0 Å². The van der Waals surface area contributed by atoms with Crippen LogP contribution in [0.2, 0.25) is 0 Å². The highest BCUT2D eigenvalue weighted by molar-refractivity contribution is 5.78. The van der Waals surface area contributed by atoms with Crippen molar-refractivity contribution in [2.45, 2.75) is 25.3 Å². The zero-order valence-electron chi connectivity index (χ0n) is 8.25. The monoisotopic (exact) mass is 182 g/mol. The second-order valence-corrected chi connectivity index (χ2v) is 3.49. The largest absolute Gasteiger partial charge is 0.342 e. The lowest BCUT2D eigenvalue weighted by Crippen LogP contribution is -2.37. The topological polar surface area (TPSA) is 32.3 Å². The van der Waals surface area contributed by atoms with Crippen LogP contribution in [-0.2, 0) is 4.79 Å². The third-order valence-corrected chi connectivity index (χ3v) is 2.29. The maximum atomic E-state index is 11.4. The van der Waals surface area contributed by atoms with E-state index in [1.54, 1.807) is 0 Å². The molecule has 0 spiro atoms. The van der Waals surface area contributed by atoms with Crippen LogP contribution in [0.3, 0.4) is 0 Å². The molecule has 0 atom stereocenters. The number of carbonyl (C=O) groups excluding carboxylic acids is 1. The number of hydrogen-bond acceptors (Lipinski definition) is 2. The van der Waals surface area contributed by atoms with Crippen LogP contribution in [0.25, 0.3) is 0 Å². The molecular weight excluding hydrogens is 164 g/mol. The van der Waals surface area contributed by atoms with Crippen LogP contribution >= 0.6 is 0 Å². The van der Waals surface area contributed by atoms with Gasteiger partial charge >= 0.3 is 0 Å². The molecule has 1 amide bonds. The summed E-state index contributed by atoms with van der Waals surface area (Å²) in [5.74, 6) is 0.201. The third-order valence-electron chi connectivity index (χ3n) is 2.29. The average molecular weight is 182 g/mol. The first-order chi connectivity index (χ1) is 6.25. The normalized spacial score (nSPS) is 15.5. The van der Waals surface area contributed by atoms with Crippen molar-refractivity contribution >= 4 is 5.91 Å². The van der Waals surface area contributed by atoms with E-state index in [2.05, 4.69) is 11.9 Å². The van der Waals surface area contributed by atoms with Crippen molar-refractivity contribution < 1.29 is 4.79 Å². The number of nitrogens with one attached hydrogen (secondary N) is 1. The smallest absolute Gasteiger partial charge is 0.236 e. The van der Waals surface area contributed by atoms with E-state index in [1.807, 2.05) is 18.0 Å². The van der Waals surface area contributed by atoms with Gasteiger partial charge in [0.05, 0.1) is 6.54 Å². The van der Waals surface area contributed by atoms with Crippen LogP contribution in [0.4, 0.5) is 0 Å². The standard InChI is InChI=1S/C10H18N2O/c1-3-4-7-11-8-10(13)12(2)9-5-6-9/h3,9,11H,1,4-8H2,2H3. The molecule has 0 aromatic carbocycles. The highest BCUT2D eigenvalue weighted by atomic mass is 16.2. The fourth-order valence-electron chi connectivity index (χ4n) is 1.19. The number of likely N-dealkylation sites (N-methyl/N-ethyl adjacent to an activating group) is 1. The van der Waals surface area contributed by atoms with E-state index in [0.29, 0.717) is 12.6 Å². The van der Waals surface area contributed by atoms with Crippen molar-refractivity contribution in [3.8, 4) is 0 Å². The van der Waals surface area contributed by atoms with Crippen LogP contribution in [-0.4, -0.2) is 37.0 Å². The summed E-state index contributed by atoms with van der Waals surface area (Å²) in [6.45, 7) is 4.92.